The second kappa shape index (κ2) is 4.57. The highest BCUT2D eigenvalue weighted by Gasteiger charge is 2.39. The van der Waals surface area contributed by atoms with E-state index in [4.69, 9.17) is 0 Å². The van der Waals surface area contributed by atoms with Gasteiger partial charge in [0, 0.05) is 18.7 Å². The molecule has 1 amide bonds. The van der Waals surface area contributed by atoms with Crippen molar-refractivity contribution >= 4 is 11.6 Å². The molecule has 0 aliphatic carbocycles. The number of anilines is 1. The number of para-hydroxylation sites is 1. The second-order valence-electron chi connectivity index (χ2n) is 4.87. The van der Waals surface area contributed by atoms with Crippen molar-refractivity contribution in [2.45, 2.75) is 26.0 Å². The largest absolute Gasteiger partial charge is 0.392 e. The van der Waals surface area contributed by atoms with Crippen molar-refractivity contribution in [1.82, 2.24) is 5.32 Å². The molecular formula is C13H17FN2O2. The van der Waals surface area contributed by atoms with Crippen LogP contribution >= 0.6 is 0 Å². The molecule has 0 atom stereocenters. The monoisotopic (exact) mass is 252 g/mol. The number of benzene rings is 1. The summed E-state index contributed by atoms with van der Waals surface area (Å²) in [5.74, 6) is -0.551. The summed E-state index contributed by atoms with van der Waals surface area (Å²) < 4.78 is 14.0. The molecule has 1 aliphatic heterocycles. The average Bonchev–Trinajstić information content (AvgIpc) is 2.33. The van der Waals surface area contributed by atoms with E-state index in [1.54, 1.807) is 30.9 Å². The number of aliphatic hydroxyl groups is 1. The number of piperazine rings is 1. The van der Waals surface area contributed by atoms with Crippen LogP contribution in [0.15, 0.2) is 18.2 Å². The third kappa shape index (κ3) is 1.95. The average molecular weight is 252 g/mol. The van der Waals surface area contributed by atoms with Gasteiger partial charge in [-0.1, -0.05) is 12.1 Å². The zero-order valence-corrected chi connectivity index (χ0v) is 10.5. The van der Waals surface area contributed by atoms with Gasteiger partial charge in [-0.3, -0.25) is 4.79 Å². The Balaban J connectivity index is 2.50. The summed E-state index contributed by atoms with van der Waals surface area (Å²) in [6.45, 7) is 4.24. The van der Waals surface area contributed by atoms with E-state index in [1.807, 2.05) is 0 Å². The fraction of sp³-hybridized carbons (Fsp3) is 0.462. The third-order valence-electron chi connectivity index (χ3n) is 3.36. The topological polar surface area (TPSA) is 52.6 Å². The molecule has 18 heavy (non-hydrogen) atoms. The predicted molar refractivity (Wildman–Crippen MR) is 66.8 cm³/mol. The summed E-state index contributed by atoms with van der Waals surface area (Å²) >= 11 is 0. The number of rotatable bonds is 2. The highest BCUT2D eigenvalue weighted by Crippen LogP contribution is 2.31. The number of carbonyl (C=O) groups excluding carboxylic acids is 1. The zero-order valence-electron chi connectivity index (χ0n) is 10.5. The first-order chi connectivity index (χ1) is 8.48. The van der Waals surface area contributed by atoms with Gasteiger partial charge in [0.2, 0.25) is 5.91 Å². The summed E-state index contributed by atoms with van der Waals surface area (Å²) in [5, 5.41) is 12.1. The van der Waals surface area contributed by atoms with Crippen molar-refractivity contribution < 1.29 is 14.3 Å². The van der Waals surface area contributed by atoms with Crippen LogP contribution in [-0.4, -0.2) is 29.6 Å². The van der Waals surface area contributed by atoms with Crippen molar-refractivity contribution in [1.29, 1.82) is 0 Å². The maximum atomic E-state index is 14.0. The number of amides is 1. The first-order valence-corrected chi connectivity index (χ1v) is 5.92. The molecule has 1 aromatic carbocycles. The van der Waals surface area contributed by atoms with E-state index in [1.165, 1.54) is 6.07 Å². The molecule has 2 rings (SSSR count). The normalized spacial score (nSPS) is 18.7. The van der Waals surface area contributed by atoms with Gasteiger partial charge in [-0.25, -0.2) is 4.39 Å². The van der Waals surface area contributed by atoms with Crippen LogP contribution in [0.1, 0.15) is 19.4 Å². The Morgan fingerprint density at radius 1 is 1.50 bits per heavy atom. The lowest BCUT2D eigenvalue weighted by atomic mass is 9.96. The summed E-state index contributed by atoms with van der Waals surface area (Å²) in [7, 11) is 0. The molecule has 0 aromatic heterocycles. The Morgan fingerprint density at radius 3 is 2.89 bits per heavy atom. The Labute approximate surface area is 105 Å². The smallest absolute Gasteiger partial charge is 0.245 e. The molecule has 98 valence electrons. The van der Waals surface area contributed by atoms with Gasteiger partial charge < -0.3 is 15.3 Å². The maximum absolute atomic E-state index is 14.0. The summed E-state index contributed by atoms with van der Waals surface area (Å²) in [6, 6.07) is 4.57. The Kier molecular flexibility index (Phi) is 3.26. The quantitative estimate of drug-likeness (QED) is 0.826. The number of nitrogens with zero attached hydrogens (tertiary/aromatic N) is 1. The predicted octanol–water partition coefficient (Wildman–Crippen LogP) is 1.03. The molecule has 5 heteroatoms. The van der Waals surface area contributed by atoms with Crippen molar-refractivity contribution in [3.05, 3.63) is 29.6 Å². The van der Waals surface area contributed by atoms with E-state index in [-0.39, 0.29) is 12.5 Å². The maximum Gasteiger partial charge on any atom is 0.245 e. The molecule has 1 saturated heterocycles. The van der Waals surface area contributed by atoms with Crippen LogP contribution in [0.25, 0.3) is 0 Å². The van der Waals surface area contributed by atoms with E-state index >= 15 is 0 Å². The van der Waals surface area contributed by atoms with E-state index in [9.17, 15) is 14.3 Å². The Bertz CT molecular complexity index is 474. The van der Waals surface area contributed by atoms with Gasteiger partial charge in [0.05, 0.1) is 12.3 Å². The van der Waals surface area contributed by atoms with Gasteiger partial charge in [-0.15, -0.1) is 0 Å². The lowest BCUT2D eigenvalue weighted by molar-refractivity contribution is -0.126. The van der Waals surface area contributed by atoms with Crippen molar-refractivity contribution in [3.63, 3.8) is 0 Å². The van der Waals surface area contributed by atoms with Crippen molar-refractivity contribution in [2.24, 2.45) is 0 Å². The lowest BCUT2D eigenvalue weighted by Crippen LogP contribution is -2.62. The molecule has 4 nitrogen and oxygen atoms in total. The van der Waals surface area contributed by atoms with E-state index in [0.717, 1.165) is 0 Å². The molecule has 0 unspecified atom stereocenters. The minimum absolute atomic E-state index is 0.138. The van der Waals surface area contributed by atoms with Crippen molar-refractivity contribution in [2.75, 3.05) is 18.0 Å². The van der Waals surface area contributed by atoms with Crippen LogP contribution in [0.5, 0.6) is 0 Å². The minimum atomic E-state index is -0.829. The van der Waals surface area contributed by atoms with Gasteiger partial charge in [-0.05, 0) is 19.9 Å². The van der Waals surface area contributed by atoms with Crippen LogP contribution in [0.4, 0.5) is 10.1 Å². The molecule has 0 spiro atoms. The summed E-state index contributed by atoms with van der Waals surface area (Å²) in [5.41, 5.74) is -0.0118. The van der Waals surface area contributed by atoms with Crippen LogP contribution in [0, 0.1) is 5.82 Å². The summed E-state index contributed by atoms with van der Waals surface area (Å²) in [6.07, 6.45) is 0. The zero-order chi connectivity index (χ0) is 13.3. The number of aliphatic hydroxyl groups excluding tert-OH is 1. The van der Waals surface area contributed by atoms with Gasteiger partial charge in [-0.2, -0.15) is 0 Å². The first kappa shape index (κ1) is 12.8. The first-order valence-electron chi connectivity index (χ1n) is 5.92. The van der Waals surface area contributed by atoms with Crippen molar-refractivity contribution in [3.8, 4) is 0 Å². The van der Waals surface area contributed by atoms with Crippen LogP contribution in [0.2, 0.25) is 0 Å². The fourth-order valence-electron chi connectivity index (χ4n) is 2.28. The SMILES string of the molecule is CC1(C)C(=O)NCCN1c1c(F)cccc1CO. The summed E-state index contributed by atoms with van der Waals surface area (Å²) in [4.78, 5) is 13.6. The molecule has 2 N–H and O–H groups in total. The molecular weight excluding hydrogens is 235 g/mol. The molecule has 0 saturated carbocycles. The number of nitrogens with one attached hydrogen (secondary N) is 1. The van der Waals surface area contributed by atoms with Crippen LogP contribution < -0.4 is 10.2 Å². The van der Waals surface area contributed by atoms with Gasteiger partial charge >= 0.3 is 0 Å². The highest BCUT2D eigenvalue weighted by molar-refractivity contribution is 5.90. The van der Waals surface area contributed by atoms with E-state index in [2.05, 4.69) is 5.32 Å². The Hall–Kier alpha value is -1.62. The minimum Gasteiger partial charge on any atom is -0.392 e. The molecule has 0 bridgehead atoms. The number of carbonyl (C=O) groups is 1. The van der Waals surface area contributed by atoms with Gasteiger partial charge in [0.15, 0.2) is 0 Å². The number of halogens is 1. The fourth-order valence-corrected chi connectivity index (χ4v) is 2.28. The van der Waals surface area contributed by atoms with Gasteiger partial charge in [0.1, 0.15) is 11.4 Å². The Morgan fingerprint density at radius 2 is 2.22 bits per heavy atom. The molecule has 1 aromatic rings. The third-order valence-corrected chi connectivity index (χ3v) is 3.36. The molecule has 1 aliphatic rings. The lowest BCUT2D eigenvalue weighted by Gasteiger charge is -2.43. The molecule has 0 radical (unpaired) electrons. The molecule has 1 fully saturated rings. The second-order valence-corrected chi connectivity index (χ2v) is 4.87. The van der Waals surface area contributed by atoms with E-state index in [0.29, 0.717) is 24.3 Å². The van der Waals surface area contributed by atoms with Gasteiger partial charge in [0.25, 0.3) is 0 Å². The van der Waals surface area contributed by atoms with Crippen LogP contribution in [0.3, 0.4) is 0 Å². The number of hydrogen-bond donors (Lipinski definition) is 2. The van der Waals surface area contributed by atoms with Crippen LogP contribution in [-0.2, 0) is 11.4 Å². The standard InChI is InChI=1S/C13H17FN2O2/c1-13(2)12(18)15-6-7-16(13)11-9(8-17)4-3-5-10(11)14/h3-5,17H,6-8H2,1-2H3,(H,15,18). The van der Waals surface area contributed by atoms with E-state index < -0.39 is 11.4 Å². The molecule has 1 heterocycles. The highest BCUT2D eigenvalue weighted by atomic mass is 19.1. The number of hydrogen-bond acceptors (Lipinski definition) is 3.